The monoisotopic (exact) mass is 345 g/mol. The van der Waals surface area contributed by atoms with E-state index in [4.69, 9.17) is 0 Å². The Morgan fingerprint density at radius 1 is 1.00 bits per heavy atom. The average molecular weight is 346 g/mol. The topological polar surface area (TPSA) is 12.4 Å². The lowest BCUT2D eigenvalue weighted by Gasteiger charge is -2.10. The number of hydrogen-bond acceptors (Lipinski definition) is 1. The van der Waals surface area contributed by atoms with E-state index in [1.807, 2.05) is 0 Å². The second-order valence-corrected chi connectivity index (χ2v) is 4.86. The minimum absolute atomic E-state index is 0.444. The summed E-state index contributed by atoms with van der Waals surface area (Å²) in [7, 11) is 0. The Balaban J connectivity index is 2.39. The van der Waals surface area contributed by atoms with Gasteiger partial charge in [-0.3, -0.25) is 4.99 Å². The van der Waals surface area contributed by atoms with Crippen LogP contribution in [0.1, 0.15) is 11.1 Å². The van der Waals surface area contributed by atoms with E-state index in [2.05, 4.69) is 20.9 Å². The molecule has 0 aliphatic rings. The highest BCUT2D eigenvalue weighted by atomic mass is 79.9. The fraction of sp³-hybridized carbons (Fsp3) is 0.0714. The SMILES string of the molecule is Fc1cccc(/N=C/c2ccc(Br)cc2)c1C(F)(F)F. The van der Waals surface area contributed by atoms with Gasteiger partial charge in [-0.1, -0.05) is 34.1 Å². The van der Waals surface area contributed by atoms with Gasteiger partial charge in [0, 0.05) is 10.7 Å². The molecule has 0 aliphatic heterocycles. The molecule has 6 heteroatoms. The van der Waals surface area contributed by atoms with Crippen LogP contribution in [0.15, 0.2) is 51.9 Å². The van der Waals surface area contributed by atoms with Gasteiger partial charge < -0.3 is 0 Å². The lowest BCUT2D eigenvalue weighted by Crippen LogP contribution is -2.08. The zero-order valence-electron chi connectivity index (χ0n) is 9.96. The Bertz CT molecular complexity index is 633. The quantitative estimate of drug-likeness (QED) is 0.513. The predicted octanol–water partition coefficient (Wildman–Crippen LogP) is 5.36. The van der Waals surface area contributed by atoms with Gasteiger partial charge in [-0.05, 0) is 29.8 Å². The summed E-state index contributed by atoms with van der Waals surface area (Å²) in [5, 5.41) is 0. The number of hydrogen-bond donors (Lipinski definition) is 0. The molecule has 0 aliphatic carbocycles. The maximum Gasteiger partial charge on any atom is 0.421 e. The molecule has 104 valence electrons. The van der Waals surface area contributed by atoms with Crippen molar-refractivity contribution >= 4 is 27.8 Å². The Hall–Kier alpha value is -1.69. The first-order chi connectivity index (χ1) is 9.38. The van der Waals surface area contributed by atoms with Gasteiger partial charge in [-0.25, -0.2) is 4.39 Å². The summed E-state index contributed by atoms with van der Waals surface area (Å²) in [5.74, 6) is -1.33. The largest absolute Gasteiger partial charge is 0.421 e. The van der Waals surface area contributed by atoms with E-state index in [0.717, 1.165) is 16.6 Å². The van der Waals surface area contributed by atoms with Crippen molar-refractivity contribution in [3.8, 4) is 0 Å². The van der Waals surface area contributed by atoms with E-state index >= 15 is 0 Å². The van der Waals surface area contributed by atoms with Gasteiger partial charge in [0.2, 0.25) is 0 Å². The van der Waals surface area contributed by atoms with E-state index in [1.165, 1.54) is 12.3 Å². The van der Waals surface area contributed by atoms with Crippen molar-refractivity contribution in [2.45, 2.75) is 6.18 Å². The highest BCUT2D eigenvalue weighted by Crippen LogP contribution is 2.38. The van der Waals surface area contributed by atoms with Crippen LogP contribution in [0.2, 0.25) is 0 Å². The summed E-state index contributed by atoms with van der Waals surface area (Å²) in [6.07, 6.45) is -3.52. The summed E-state index contributed by atoms with van der Waals surface area (Å²) in [6.45, 7) is 0. The van der Waals surface area contributed by atoms with E-state index in [1.54, 1.807) is 24.3 Å². The minimum atomic E-state index is -4.78. The van der Waals surface area contributed by atoms with E-state index in [0.29, 0.717) is 5.56 Å². The molecule has 0 fully saturated rings. The summed E-state index contributed by atoms with van der Waals surface area (Å²) < 4.78 is 52.5. The molecule has 0 aromatic heterocycles. The molecule has 0 spiro atoms. The first-order valence-electron chi connectivity index (χ1n) is 5.53. The van der Waals surface area contributed by atoms with Crippen molar-refractivity contribution in [2.75, 3.05) is 0 Å². The zero-order chi connectivity index (χ0) is 14.8. The Morgan fingerprint density at radius 3 is 2.25 bits per heavy atom. The van der Waals surface area contributed by atoms with Crippen LogP contribution in [0.5, 0.6) is 0 Å². The van der Waals surface area contributed by atoms with Crippen LogP contribution in [0.3, 0.4) is 0 Å². The molecule has 0 heterocycles. The predicted molar refractivity (Wildman–Crippen MR) is 72.8 cm³/mol. The van der Waals surface area contributed by atoms with Crippen LogP contribution in [0, 0.1) is 5.82 Å². The van der Waals surface area contributed by atoms with Gasteiger partial charge in [0.15, 0.2) is 0 Å². The maximum atomic E-state index is 13.3. The normalized spacial score (nSPS) is 12.1. The van der Waals surface area contributed by atoms with Crippen molar-refractivity contribution in [3.05, 3.63) is 63.9 Å². The number of rotatable bonds is 2. The summed E-state index contributed by atoms with van der Waals surface area (Å²) in [5.41, 5.74) is -1.18. The molecule has 0 atom stereocenters. The Morgan fingerprint density at radius 2 is 1.65 bits per heavy atom. The standard InChI is InChI=1S/C14H8BrF4N/c15-10-6-4-9(5-7-10)8-20-12-3-1-2-11(16)13(12)14(17,18)19/h1-8H/b20-8+. The van der Waals surface area contributed by atoms with E-state index in [9.17, 15) is 17.6 Å². The van der Waals surface area contributed by atoms with Crippen molar-refractivity contribution in [1.82, 2.24) is 0 Å². The third-order valence-corrected chi connectivity index (χ3v) is 3.03. The number of alkyl halides is 3. The minimum Gasteiger partial charge on any atom is -0.256 e. The fourth-order valence-electron chi connectivity index (χ4n) is 1.59. The third kappa shape index (κ3) is 3.45. The third-order valence-electron chi connectivity index (χ3n) is 2.50. The van der Waals surface area contributed by atoms with Crippen molar-refractivity contribution in [1.29, 1.82) is 0 Å². The Labute approximate surface area is 121 Å². The summed E-state index contributed by atoms with van der Waals surface area (Å²) >= 11 is 3.25. The molecule has 2 rings (SSSR count). The van der Waals surface area contributed by atoms with Crippen molar-refractivity contribution in [3.63, 3.8) is 0 Å². The van der Waals surface area contributed by atoms with Crippen LogP contribution in [0.25, 0.3) is 0 Å². The molecule has 0 amide bonds. The fourth-order valence-corrected chi connectivity index (χ4v) is 1.86. The number of nitrogens with zero attached hydrogens (tertiary/aromatic N) is 1. The first-order valence-corrected chi connectivity index (χ1v) is 6.32. The van der Waals surface area contributed by atoms with Gasteiger partial charge in [0.1, 0.15) is 11.4 Å². The van der Waals surface area contributed by atoms with E-state index < -0.39 is 23.2 Å². The van der Waals surface area contributed by atoms with Gasteiger partial charge in [0.05, 0.1) is 5.69 Å². The highest BCUT2D eigenvalue weighted by molar-refractivity contribution is 9.10. The van der Waals surface area contributed by atoms with Crippen LogP contribution in [-0.2, 0) is 6.18 Å². The number of halogens is 5. The molecular weight excluding hydrogens is 338 g/mol. The van der Waals surface area contributed by atoms with Crippen LogP contribution >= 0.6 is 15.9 Å². The molecule has 0 saturated heterocycles. The molecule has 2 aromatic carbocycles. The maximum absolute atomic E-state index is 13.3. The zero-order valence-corrected chi connectivity index (χ0v) is 11.5. The molecule has 20 heavy (non-hydrogen) atoms. The van der Waals surface area contributed by atoms with Crippen LogP contribution in [-0.4, -0.2) is 6.21 Å². The van der Waals surface area contributed by atoms with Crippen molar-refractivity contribution < 1.29 is 17.6 Å². The molecule has 0 unspecified atom stereocenters. The number of aliphatic imine (C=N–C) groups is 1. The van der Waals surface area contributed by atoms with Gasteiger partial charge in [-0.2, -0.15) is 13.2 Å². The molecule has 1 nitrogen and oxygen atoms in total. The van der Waals surface area contributed by atoms with Crippen molar-refractivity contribution in [2.24, 2.45) is 4.99 Å². The summed E-state index contributed by atoms with van der Waals surface area (Å²) in [6, 6.07) is 9.91. The molecule has 0 saturated carbocycles. The van der Waals surface area contributed by atoms with Crippen LogP contribution < -0.4 is 0 Å². The lowest BCUT2D eigenvalue weighted by molar-refractivity contribution is -0.139. The molecular formula is C14H8BrF4N. The van der Waals surface area contributed by atoms with Gasteiger partial charge in [0.25, 0.3) is 0 Å². The van der Waals surface area contributed by atoms with Crippen LogP contribution in [0.4, 0.5) is 23.2 Å². The molecule has 0 N–H and O–H groups in total. The highest BCUT2D eigenvalue weighted by Gasteiger charge is 2.36. The first kappa shape index (κ1) is 14.7. The molecule has 0 radical (unpaired) electrons. The smallest absolute Gasteiger partial charge is 0.256 e. The second kappa shape index (κ2) is 5.75. The lowest BCUT2D eigenvalue weighted by atomic mass is 10.1. The van der Waals surface area contributed by atoms with Gasteiger partial charge >= 0.3 is 6.18 Å². The van der Waals surface area contributed by atoms with Gasteiger partial charge in [-0.15, -0.1) is 0 Å². The second-order valence-electron chi connectivity index (χ2n) is 3.94. The van der Waals surface area contributed by atoms with E-state index in [-0.39, 0.29) is 0 Å². The molecule has 0 bridgehead atoms. The average Bonchev–Trinajstić information content (AvgIpc) is 2.36. The Kier molecular flexibility index (Phi) is 4.23. The molecule has 2 aromatic rings. The summed E-state index contributed by atoms with van der Waals surface area (Å²) in [4.78, 5) is 3.73. The number of benzene rings is 2.